The van der Waals surface area contributed by atoms with Crippen LogP contribution in [0.3, 0.4) is 0 Å². The number of fused-ring (bicyclic) bond motifs is 1. The van der Waals surface area contributed by atoms with E-state index >= 15 is 0 Å². The van der Waals surface area contributed by atoms with Gasteiger partial charge in [0.15, 0.2) is 0 Å². The van der Waals surface area contributed by atoms with Crippen LogP contribution in [0.1, 0.15) is 29.3 Å². The molecule has 29 heavy (non-hydrogen) atoms. The summed E-state index contributed by atoms with van der Waals surface area (Å²) in [6.07, 6.45) is 1.96. The lowest BCUT2D eigenvalue weighted by Crippen LogP contribution is -2.47. The number of hydrogen-bond donors (Lipinski definition) is 3. The van der Waals surface area contributed by atoms with Crippen molar-refractivity contribution in [2.75, 3.05) is 24.5 Å². The number of hydrogen-bond acceptors (Lipinski definition) is 5. The Hall–Kier alpha value is -2.91. The van der Waals surface area contributed by atoms with Crippen molar-refractivity contribution >= 4 is 27.5 Å². The Bertz CT molecular complexity index is 990. The van der Waals surface area contributed by atoms with Crippen molar-refractivity contribution in [2.45, 2.75) is 24.7 Å². The first-order valence-corrected chi connectivity index (χ1v) is 10.9. The van der Waals surface area contributed by atoms with Gasteiger partial charge in [-0.15, -0.1) is 0 Å². The Morgan fingerprint density at radius 2 is 1.76 bits per heavy atom. The fourth-order valence-corrected chi connectivity index (χ4v) is 4.29. The van der Waals surface area contributed by atoms with Gasteiger partial charge in [-0.2, -0.15) is 0 Å². The molecule has 0 spiro atoms. The van der Waals surface area contributed by atoms with Gasteiger partial charge in [-0.3, -0.25) is 20.4 Å². The lowest BCUT2D eigenvalue weighted by atomic mass is 10.0. The maximum absolute atomic E-state index is 12.3. The van der Waals surface area contributed by atoms with Crippen LogP contribution < -0.4 is 20.5 Å². The van der Waals surface area contributed by atoms with Crippen LogP contribution in [0.4, 0.5) is 5.69 Å². The molecule has 0 saturated carbocycles. The third-order valence-electron chi connectivity index (χ3n) is 4.62. The van der Waals surface area contributed by atoms with Gasteiger partial charge in [-0.05, 0) is 48.7 Å². The molecule has 0 radical (unpaired) electrons. The predicted molar refractivity (Wildman–Crippen MR) is 110 cm³/mol. The second kappa shape index (κ2) is 9.06. The number of carbonyl (C=O) groups excluding carboxylic acids is 2. The smallest absolute Gasteiger partial charge is 0.269 e. The van der Waals surface area contributed by atoms with Gasteiger partial charge < -0.3 is 4.90 Å². The summed E-state index contributed by atoms with van der Waals surface area (Å²) in [7, 11) is -3.58. The second-order valence-electron chi connectivity index (χ2n) is 6.68. The highest BCUT2D eigenvalue weighted by molar-refractivity contribution is 7.89. The molecule has 1 aliphatic heterocycles. The summed E-state index contributed by atoms with van der Waals surface area (Å²) in [6, 6.07) is 13.5. The minimum Gasteiger partial charge on any atom is -0.362 e. The molecule has 0 bridgehead atoms. The second-order valence-corrected chi connectivity index (χ2v) is 8.45. The summed E-state index contributed by atoms with van der Waals surface area (Å²) < 4.78 is 26.2. The normalized spacial score (nSPS) is 13.5. The van der Waals surface area contributed by atoms with Crippen LogP contribution >= 0.6 is 0 Å². The van der Waals surface area contributed by atoms with E-state index in [2.05, 4.69) is 21.6 Å². The van der Waals surface area contributed by atoms with Crippen LogP contribution in [-0.4, -0.2) is 39.9 Å². The van der Waals surface area contributed by atoms with E-state index in [1.807, 2.05) is 23.1 Å². The summed E-state index contributed by atoms with van der Waals surface area (Å²) in [6.45, 7) is 2.87. The first-order chi connectivity index (χ1) is 13.9. The molecule has 2 aromatic rings. The van der Waals surface area contributed by atoms with E-state index in [1.54, 1.807) is 6.92 Å². The summed E-state index contributed by atoms with van der Waals surface area (Å²) in [5.74, 6) is -0.855. The predicted octanol–water partition coefficient (Wildman–Crippen LogP) is 1.20. The van der Waals surface area contributed by atoms with Crippen molar-refractivity contribution in [2.24, 2.45) is 0 Å². The zero-order valence-electron chi connectivity index (χ0n) is 16.1. The number of carbonyl (C=O) groups is 2. The first kappa shape index (κ1) is 20.8. The molecule has 8 nitrogen and oxygen atoms in total. The van der Waals surface area contributed by atoms with Crippen molar-refractivity contribution < 1.29 is 18.0 Å². The van der Waals surface area contributed by atoms with Gasteiger partial charge in [0.05, 0.1) is 11.4 Å². The Morgan fingerprint density at radius 3 is 2.48 bits per heavy atom. The molecular formula is C20H24N4O4S. The van der Waals surface area contributed by atoms with Gasteiger partial charge in [0.2, 0.25) is 10.0 Å². The number of nitrogens with one attached hydrogen (secondary N) is 3. The van der Waals surface area contributed by atoms with Crippen molar-refractivity contribution in [3.05, 3.63) is 59.7 Å². The molecule has 0 aliphatic carbocycles. The first-order valence-electron chi connectivity index (χ1n) is 9.42. The fourth-order valence-electron chi connectivity index (χ4n) is 3.25. The lowest BCUT2D eigenvalue weighted by Gasteiger charge is -2.30. The topological polar surface area (TPSA) is 108 Å². The molecule has 0 aromatic heterocycles. The standard InChI is InChI=1S/C20H24N4O4S/c1-2-21-29(27,28)17-11-9-16(10-12-17)20(26)23-22-19(25)14-24-13-5-7-15-6-3-4-8-18(15)24/h3-4,6,8-12,21H,2,5,7,13-14H2,1H3,(H,22,25)(H,23,26). The number of nitrogens with zero attached hydrogens (tertiary/aromatic N) is 1. The minimum absolute atomic E-state index is 0.0729. The molecule has 9 heteroatoms. The van der Waals surface area contributed by atoms with Crippen LogP contribution in [0.2, 0.25) is 0 Å². The Kier molecular flexibility index (Phi) is 6.50. The number of hydrazine groups is 1. The summed E-state index contributed by atoms with van der Waals surface area (Å²) in [4.78, 5) is 26.5. The quantitative estimate of drug-likeness (QED) is 0.614. The van der Waals surface area contributed by atoms with Gasteiger partial charge in [0.25, 0.3) is 11.8 Å². The molecule has 2 amide bonds. The number of rotatable bonds is 6. The molecule has 1 heterocycles. The highest BCUT2D eigenvalue weighted by Gasteiger charge is 2.19. The van der Waals surface area contributed by atoms with Crippen LogP contribution in [0.15, 0.2) is 53.4 Å². The average molecular weight is 417 g/mol. The highest BCUT2D eigenvalue weighted by atomic mass is 32.2. The van der Waals surface area contributed by atoms with Crippen LogP contribution in [0.25, 0.3) is 0 Å². The zero-order chi connectivity index (χ0) is 20.9. The van der Waals surface area contributed by atoms with Crippen LogP contribution in [0.5, 0.6) is 0 Å². The monoisotopic (exact) mass is 416 g/mol. The maximum Gasteiger partial charge on any atom is 0.269 e. The summed E-state index contributed by atoms with van der Waals surface area (Å²) in [5, 5.41) is 0. The van der Waals surface area contributed by atoms with E-state index in [-0.39, 0.29) is 29.5 Å². The minimum atomic E-state index is -3.58. The Morgan fingerprint density at radius 1 is 1.03 bits per heavy atom. The molecule has 0 unspecified atom stereocenters. The molecule has 2 aromatic carbocycles. The van der Waals surface area contributed by atoms with Gasteiger partial charge in [-0.25, -0.2) is 13.1 Å². The van der Waals surface area contributed by atoms with Gasteiger partial charge in [0.1, 0.15) is 0 Å². The van der Waals surface area contributed by atoms with Crippen molar-refractivity contribution in [1.82, 2.24) is 15.6 Å². The average Bonchev–Trinajstić information content (AvgIpc) is 2.72. The Labute approximate surface area is 170 Å². The lowest BCUT2D eigenvalue weighted by molar-refractivity contribution is -0.120. The third-order valence-corrected chi connectivity index (χ3v) is 6.18. The van der Waals surface area contributed by atoms with Crippen molar-refractivity contribution in [1.29, 1.82) is 0 Å². The number of para-hydroxylation sites is 1. The molecular weight excluding hydrogens is 392 g/mol. The molecule has 3 N–H and O–H groups in total. The SMILES string of the molecule is CCNS(=O)(=O)c1ccc(C(=O)NNC(=O)CN2CCCc3ccccc32)cc1. The highest BCUT2D eigenvalue weighted by Crippen LogP contribution is 2.26. The molecule has 3 rings (SSSR count). The summed E-state index contributed by atoms with van der Waals surface area (Å²) in [5.41, 5.74) is 7.27. The van der Waals surface area contributed by atoms with Gasteiger partial charge in [0, 0.05) is 24.3 Å². The number of anilines is 1. The Balaban J connectivity index is 1.55. The van der Waals surface area contributed by atoms with Crippen molar-refractivity contribution in [3.63, 3.8) is 0 Å². The fraction of sp³-hybridized carbons (Fsp3) is 0.300. The number of amides is 2. The summed E-state index contributed by atoms with van der Waals surface area (Å²) >= 11 is 0. The van der Waals surface area contributed by atoms with E-state index in [9.17, 15) is 18.0 Å². The maximum atomic E-state index is 12.3. The van der Waals surface area contributed by atoms with E-state index < -0.39 is 15.9 Å². The van der Waals surface area contributed by atoms with Gasteiger partial charge in [-0.1, -0.05) is 25.1 Å². The van der Waals surface area contributed by atoms with E-state index in [0.29, 0.717) is 0 Å². The number of aryl methyl sites for hydroxylation is 1. The molecule has 154 valence electrons. The molecule has 0 fully saturated rings. The number of sulfonamides is 1. The van der Waals surface area contributed by atoms with Crippen LogP contribution in [-0.2, 0) is 21.2 Å². The zero-order valence-corrected chi connectivity index (χ0v) is 17.0. The number of benzene rings is 2. The molecule has 0 saturated heterocycles. The van der Waals surface area contributed by atoms with E-state index in [0.717, 1.165) is 25.1 Å². The van der Waals surface area contributed by atoms with Crippen molar-refractivity contribution in [3.8, 4) is 0 Å². The van der Waals surface area contributed by atoms with E-state index in [1.165, 1.54) is 29.8 Å². The van der Waals surface area contributed by atoms with Crippen LogP contribution in [0, 0.1) is 0 Å². The largest absolute Gasteiger partial charge is 0.362 e. The molecule has 0 atom stereocenters. The third kappa shape index (κ3) is 5.12. The molecule has 1 aliphatic rings. The van der Waals surface area contributed by atoms with E-state index in [4.69, 9.17) is 0 Å². The van der Waals surface area contributed by atoms with Gasteiger partial charge >= 0.3 is 0 Å².